The number of rotatable bonds is 5. The molecule has 0 amide bonds. The molecule has 0 heterocycles. The summed E-state index contributed by atoms with van der Waals surface area (Å²) in [4.78, 5) is 0. The van der Waals surface area contributed by atoms with Gasteiger partial charge in [-0.15, -0.1) is 0 Å². The standard InChI is InChI=1S/C14H14B/c1-3-5-10-13(9-4-2)15-14-11-7-6-8-12-14/h3-12H,1-2H2/b10-5-,13-9+. The SMILES string of the molecule is C=C/C=C\C([B]c1ccccc1)=C/C=C. The summed E-state index contributed by atoms with van der Waals surface area (Å²) in [5.41, 5.74) is 2.29. The van der Waals surface area contributed by atoms with Gasteiger partial charge in [-0.25, -0.2) is 0 Å². The highest BCUT2D eigenvalue weighted by molar-refractivity contribution is 6.61. The van der Waals surface area contributed by atoms with E-state index < -0.39 is 0 Å². The zero-order valence-corrected chi connectivity index (χ0v) is 8.77. The lowest BCUT2D eigenvalue weighted by atomic mass is 9.63. The quantitative estimate of drug-likeness (QED) is 0.498. The van der Waals surface area contributed by atoms with E-state index in [9.17, 15) is 0 Å². The largest absolute Gasteiger partial charge is 0.191 e. The van der Waals surface area contributed by atoms with Crippen LogP contribution in [0.3, 0.4) is 0 Å². The highest BCUT2D eigenvalue weighted by Crippen LogP contribution is 1.96. The molecule has 73 valence electrons. The Morgan fingerprint density at radius 1 is 1.07 bits per heavy atom. The molecule has 0 aliphatic rings. The first-order chi connectivity index (χ1) is 7.36. The smallest absolute Gasteiger partial charge is 0.0991 e. The van der Waals surface area contributed by atoms with E-state index in [1.807, 2.05) is 36.4 Å². The molecule has 0 bridgehead atoms. The molecule has 1 radical (unpaired) electrons. The summed E-state index contributed by atoms with van der Waals surface area (Å²) in [6.45, 7) is 7.34. The van der Waals surface area contributed by atoms with E-state index in [1.165, 1.54) is 5.46 Å². The molecule has 1 aromatic carbocycles. The molecule has 0 fully saturated rings. The van der Waals surface area contributed by atoms with Crippen LogP contribution < -0.4 is 5.46 Å². The van der Waals surface area contributed by atoms with E-state index in [0.717, 1.165) is 5.47 Å². The second-order valence-corrected chi connectivity index (χ2v) is 3.05. The van der Waals surface area contributed by atoms with E-state index in [4.69, 9.17) is 0 Å². The molecule has 0 atom stereocenters. The van der Waals surface area contributed by atoms with Crippen molar-refractivity contribution in [1.82, 2.24) is 0 Å². The van der Waals surface area contributed by atoms with Crippen molar-refractivity contribution in [2.24, 2.45) is 0 Å². The van der Waals surface area contributed by atoms with Gasteiger partial charge in [0.2, 0.25) is 0 Å². The van der Waals surface area contributed by atoms with Crippen molar-refractivity contribution in [3.8, 4) is 0 Å². The molecule has 0 nitrogen and oxygen atoms in total. The Balaban J connectivity index is 2.76. The van der Waals surface area contributed by atoms with Crippen molar-refractivity contribution in [1.29, 1.82) is 0 Å². The first kappa shape index (κ1) is 11.3. The maximum Gasteiger partial charge on any atom is 0.191 e. The normalized spacial score (nSPS) is 11.3. The van der Waals surface area contributed by atoms with Crippen molar-refractivity contribution in [2.75, 3.05) is 0 Å². The van der Waals surface area contributed by atoms with Gasteiger partial charge in [0.05, 0.1) is 0 Å². The topological polar surface area (TPSA) is 0 Å². The predicted molar refractivity (Wildman–Crippen MR) is 69.4 cm³/mol. The maximum atomic E-state index is 3.69. The van der Waals surface area contributed by atoms with Gasteiger partial charge < -0.3 is 0 Å². The van der Waals surface area contributed by atoms with Crippen LogP contribution in [-0.2, 0) is 0 Å². The Labute approximate surface area is 92.6 Å². The van der Waals surface area contributed by atoms with Crippen LogP contribution >= 0.6 is 0 Å². The van der Waals surface area contributed by atoms with Gasteiger partial charge in [-0.3, -0.25) is 0 Å². The minimum Gasteiger partial charge on any atom is -0.0991 e. The van der Waals surface area contributed by atoms with E-state index in [0.29, 0.717) is 0 Å². The van der Waals surface area contributed by atoms with Crippen molar-refractivity contribution in [2.45, 2.75) is 0 Å². The van der Waals surface area contributed by atoms with Crippen molar-refractivity contribution in [3.05, 3.63) is 79.3 Å². The van der Waals surface area contributed by atoms with Gasteiger partial charge in [0.1, 0.15) is 0 Å². The number of hydrogen-bond acceptors (Lipinski definition) is 0. The highest BCUT2D eigenvalue weighted by atomic mass is 13.8. The summed E-state index contributed by atoms with van der Waals surface area (Å²) in [6.07, 6.45) is 9.42. The third-order valence-corrected chi connectivity index (χ3v) is 1.87. The zero-order valence-electron chi connectivity index (χ0n) is 8.77. The van der Waals surface area contributed by atoms with Crippen LogP contribution in [0.5, 0.6) is 0 Å². The Bertz CT molecular complexity index is 372. The Kier molecular flexibility index (Phi) is 5.03. The molecular formula is C14H14B. The van der Waals surface area contributed by atoms with Gasteiger partial charge in [0, 0.05) is 0 Å². The lowest BCUT2D eigenvalue weighted by Crippen LogP contribution is -2.14. The van der Waals surface area contributed by atoms with Crippen LogP contribution in [-0.4, -0.2) is 7.28 Å². The predicted octanol–water partition coefficient (Wildman–Crippen LogP) is 2.83. The molecule has 0 saturated carbocycles. The Morgan fingerprint density at radius 2 is 1.80 bits per heavy atom. The summed E-state index contributed by atoms with van der Waals surface area (Å²) in [7, 11) is 2.10. The molecule has 1 rings (SSSR count). The second-order valence-electron chi connectivity index (χ2n) is 3.05. The van der Waals surface area contributed by atoms with Crippen LogP contribution in [0, 0.1) is 0 Å². The van der Waals surface area contributed by atoms with E-state index in [1.54, 1.807) is 12.2 Å². The Morgan fingerprint density at radius 3 is 2.40 bits per heavy atom. The zero-order chi connectivity index (χ0) is 10.9. The molecule has 1 heteroatoms. The van der Waals surface area contributed by atoms with Crippen LogP contribution in [0.1, 0.15) is 0 Å². The molecule has 0 N–H and O–H groups in total. The van der Waals surface area contributed by atoms with Gasteiger partial charge in [-0.05, 0) is 0 Å². The minimum atomic E-state index is 1.11. The van der Waals surface area contributed by atoms with Crippen LogP contribution in [0.2, 0.25) is 0 Å². The van der Waals surface area contributed by atoms with E-state index in [-0.39, 0.29) is 0 Å². The van der Waals surface area contributed by atoms with Crippen LogP contribution in [0.15, 0.2) is 79.3 Å². The third-order valence-electron chi connectivity index (χ3n) is 1.87. The Hall–Kier alpha value is -1.76. The fraction of sp³-hybridized carbons (Fsp3) is 0. The summed E-state index contributed by atoms with van der Waals surface area (Å²) >= 11 is 0. The van der Waals surface area contributed by atoms with Crippen molar-refractivity contribution >= 4 is 12.7 Å². The third kappa shape index (κ3) is 4.32. The fourth-order valence-electron chi connectivity index (χ4n) is 1.21. The average Bonchev–Trinajstić information content (AvgIpc) is 2.28. The van der Waals surface area contributed by atoms with Gasteiger partial charge in [0.15, 0.2) is 7.28 Å². The number of hydrogen-bond donors (Lipinski definition) is 0. The molecule has 0 aliphatic carbocycles. The number of benzene rings is 1. The lowest BCUT2D eigenvalue weighted by Gasteiger charge is -1.99. The van der Waals surface area contributed by atoms with Crippen LogP contribution in [0.4, 0.5) is 0 Å². The molecule has 0 aromatic heterocycles. The summed E-state index contributed by atoms with van der Waals surface area (Å²) in [6, 6.07) is 10.2. The fourth-order valence-corrected chi connectivity index (χ4v) is 1.21. The van der Waals surface area contributed by atoms with Gasteiger partial charge >= 0.3 is 0 Å². The molecule has 1 aromatic rings. The molecule has 0 unspecified atom stereocenters. The highest BCUT2D eigenvalue weighted by Gasteiger charge is 1.96. The van der Waals surface area contributed by atoms with E-state index >= 15 is 0 Å². The maximum absolute atomic E-state index is 3.69. The first-order valence-corrected chi connectivity index (χ1v) is 4.88. The number of allylic oxidation sites excluding steroid dienone is 6. The monoisotopic (exact) mass is 193 g/mol. The molecule has 0 spiro atoms. The summed E-state index contributed by atoms with van der Waals surface area (Å²) in [5.74, 6) is 0. The first-order valence-electron chi connectivity index (χ1n) is 4.88. The summed E-state index contributed by atoms with van der Waals surface area (Å²) < 4.78 is 0. The van der Waals surface area contributed by atoms with E-state index in [2.05, 4.69) is 32.6 Å². The summed E-state index contributed by atoms with van der Waals surface area (Å²) in [5, 5.41) is 0. The minimum absolute atomic E-state index is 1.11. The lowest BCUT2D eigenvalue weighted by molar-refractivity contribution is 1.75. The molecule has 0 saturated heterocycles. The average molecular weight is 193 g/mol. The van der Waals surface area contributed by atoms with Crippen molar-refractivity contribution in [3.63, 3.8) is 0 Å². The van der Waals surface area contributed by atoms with Crippen LogP contribution in [0.25, 0.3) is 0 Å². The van der Waals surface area contributed by atoms with Gasteiger partial charge in [-0.2, -0.15) is 0 Å². The van der Waals surface area contributed by atoms with Crippen molar-refractivity contribution < 1.29 is 0 Å². The molecule has 0 aliphatic heterocycles. The molecule has 15 heavy (non-hydrogen) atoms. The van der Waals surface area contributed by atoms with Gasteiger partial charge in [0.25, 0.3) is 0 Å². The van der Waals surface area contributed by atoms with Gasteiger partial charge in [-0.1, -0.05) is 84.8 Å². The molecular weight excluding hydrogens is 179 g/mol. The second kappa shape index (κ2) is 6.66.